The monoisotopic (exact) mass is 313 g/mol. The van der Waals surface area contributed by atoms with E-state index in [0.717, 1.165) is 25.1 Å². The minimum Gasteiger partial charge on any atom is -0.310 e. The predicted molar refractivity (Wildman–Crippen MR) is 86.9 cm³/mol. The lowest BCUT2D eigenvalue weighted by Gasteiger charge is -2.14. The van der Waals surface area contributed by atoms with Crippen molar-refractivity contribution in [2.24, 2.45) is 0 Å². The lowest BCUT2D eigenvalue weighted by atomic mass is 10.1. The SMILES string of the molecule is CCNC(C)c1cccc(S(=O)(=O)NCCCN(C)C)c1. The predicted octanol–water partition coefficient (Wildman–Crippen LogP) is 1.59. The van der Waals surface area contributed by atoms with Crippen LogP contribution in [-0.2, 0) is 10.0 Å². The maximum Gasteiger partial charge on any atom is 0.240 e. The molecule has 120 valence electrons. The van der Waals surface area contributed by atoms with Crippen LogP contribution in [0.15, 0.2) is 29.2 Å². The van der Waals surface area contributed by atoms with Gasteiger partial charge in [-0.15, -0.1) is 0 Å². The smallest absolute Gasteiger partial charge is 0.240 e. The van der Waals surface area contributed by atoms with Gasteiger partial charge in [-0.05, 0) is 58.2 Å². The second-order valence-electron chi connectivity index (χ2n) is 5.41. The number of sulfonamides is 1. The van der Waals surface area contributed by atoms with E-state index in [1.807, 2.05) is 38.9 Å². The van der Waals surface area contributed by atoms with Gasteiger partial charge in [0.1, 0.15) is 0 Å². The van der Waals surface area contributed by atoms with Gasteiger partial charge in [-0.1, -0.05) is 19.1 Å². The average molecular weight is 313 g/mol. The van der Waals surface area contributed by atoms with Crippen LogP contribution in [0.1, 0.15) is 31.9 Å². The van der Waals surface area contributed by atoms with Crippen LogP contribution in [0.2, 0.25) is 0 Å². The van der Waals surface area contributed by atoms with Crippen molar-refractivity contribution in [2.45, 2.75) is 31.2 Å². The van der Waals surface area contributed by atoms with Gasteiger partial charge in [-0.25, -0.2) is 13.1 Å². The Kier molecular flexibility index (Phi) is 7.31. The first-order chi connectivity index (χ1) is 9.86. The van der Waals surface area contributed by atoms with Gasteiger partial charge in [0.25, 0.3) is 0 Å². The second kappa shape index (κ2) is 8.48. The van der Waals surface area contributed by atoms with Crippen LogP contribution in [0.25, 0.3) is 0 Å². The highest BCUT2D eigenvalue weighted by atomic mass is 32.2. The molecule has 0 aliphatic heterocycles. The number of hydrogen-bond acceptors (Lipinski definition) is 4. The lowest BCUT2D eigenvalue weighted by molar-refractivity contribution is 0.400. The summed E-state index contributed by atoms with van der Waals surface area (Å²) >= 11 is 0. The summed E-state index contributed by atoms with van der Waals surface area (Å²) in [5, 5.41) is 3.28. The summed E-state index contributed by atoms with van der Waals surface area (Å²) in [6, 6.07) is 7.24. The molecule has 6 heteroatoms. The third-order valence-corrected chi connectivity index (χ3v) is 4.71. The van der Waals surface area contributed by atoms with Gasteiger partial charge in [0, 0.05) is 12.6 Å². The summed E-state index contributed by atoms with van der Waals surface area (Å²) < 4.78 is 27.2. The molecule has 0 aliphatic rings. The minimum absolute atomic E-state index is 0.138. The molecule has 0 fully saturated rings. The van der Waals surface area contributed by atoms with Crippen LogP contribution in [0, 0.1) is 0 Å². The quantitative estimate of drug-likeness (QED) is 0.680. The third-order valence-electron chi connectivity index (χ3n) is 3.25. The molecule has 0 spiro atoms. The molecular weight excluding hydrogens is 286 g/mol. The van der Waals surface area contributed by atoms with E-state index in [9.17, 15) is 8.42 Å². The lowest BCUT2D eigenvalue weighted by Crippen LogP contribution is -2.27. The van der Waals surface area contributed by atoms with Crippen LogP contribution < -0.4 is 10.0 Å². The number of nitrogens with zero attached hydrogens (tertiary/aromatic N) is 1. The van der Waals surface area contributed by atoms with Crippen molar-refractivity contribution in [1.82, 2.24) is 14.9 Å². The van der Waals surface area contributed by atoms with Crippen LogP contribution in [-0.4, -0.2) is 47.0 Å². The van der Waals surface area contributed by atoms with Crippen molar-refractivity contribution in [2.75, 3.05) is 33.7 Å². The molecule has 1 aromatic rings. The molecule has 0 heterocycles. The molecule has 0 saturated heterocycles. The standard InChI is InChI=1S/C15H27N3O2S/c1-5-16-13(2)14-8-6-9-15(12-14)21(19,20)17-10-7-11-18(3)4/h6,8-9,12-13,16-17H,5,7,10-11H2,1-4H3. The normalized spacial score (nSPS) is 13.6. The van der Waals surface area contributed by atoms with Crippen LogP contribution in [0.5, 0.6) is 0 Å². The molecule has 0 radical (unpaired) electrons. The Morgan fingerprint density at radius 3 is 2.62 bits per heavy atom. The van der Waals surface area contributed by atoms with E-state index in [1.54, 1.807) is 18.2 Å². The Balaban J connectivity index is 2.72. The van der Waals surface area contributed by atoms with E-state index in [0.29, 0.717) is 11.4 Å². The van der Waals surface area contributed by atoms with Gasteiger partial charge in [-0.2, -0.15) is 0 Å². The first-order valence-electron chi connectivity index (χ1n) is 7.34. The van der Waals surface area contributed by atoms with E-state index in [1.165, 1.54) is 0 Å². The Labute approximate surface area is 128 Å². The van der Waals surface area contributed by atoms with Crippen molar-refractivity contribution < 1.29 is 8.42 Å². The molecule has 5 nitrogen and oxygen atoms in total. The van der Waals surface area contributed by atoms with Crippen molar-refractivity contribution in [3.63, 3.8) is 0 Å². The zero-order valence-electron chi connectivity index (χ0n) is 13.4. The Morgan fingerprint density at radius 2 is 2.00 bits per heavy atom. The molecule has 1 atom stereocenters. The fourth-order valence-corrected chi connectivity index (χ4v) is 3.19. The van der Waals surface area contributed by atoms with Gasteiger partial charge < -0.3 is 10.2 Å². The molecule has 0 amide bonds. The fourth-order valence-electron chi connectivity index (χ4n) is 2.06. The first kappa shape index (κ1) is 18.1. The van der Waals surface area contributed by atoms with E-state index >= 15 is 0 Å². The minimum atomic E-state index is -3.43. The molecule has 0 aliphatic carbocycles. The Morgan fingerprint density at radius 1 is 1.29 bits per heavy atom. The largest absolute Gasteiger partial charge is 0.310 e. The molecule has 1 rings (SSSR count). The molecule has 0 aromatic heterocycles. The number of rotatable bonds is 9. The summed E-state index contributed by atoms with van der Waals surface area (Å²) in [6.45, 7) is 6.22. The van der Waals surface area contributed by atoms with Gasteiger partial charge in [0.15, 0.2) is 0 Å². The van der Waals surface area contributed by atoms with E-state index in [-0.39, 0.29) is 6.04 Å². The Hall–Kier alpha value is -0.950. The van der Waals surface area contributed by atoms with Gasteiger partial charge in [-0.3, -0.25) is 0 Å². The highest BCUT2D eigenvalue weighted by molar-refractivity contribution is 7.89. The molecule has 0 saturated carbocycles. The summed E-state index contributed by atoms with van der Waals surface area (Å²) in [6.07, 6.45) is 0.791. The second-order valence-corrected chi connectivity index (χ2v) is 7.17. The highest BCUT2D eigenvalue weighted by Crippen LogP contribution is 2.17. The van der Waals surface area contributed by atoms with Crippen LogP contribution in [0.4, 0.5) is 0 Å². The van der Waals surface area contributed by atoms with Gasteiger partial charge >= 0.3 is 0 Å². The molecule has 2 N–H and O–H groups in total. The molecule has 1 aromatic carbocycles. The zero-order valence-corrected chi connectivity index (χ0v) is 14.2. The molecule has 0 bridgehead atoms. The van der Waals surface area contributed by atoms with Crippen molar-refractivity contribution in [3.05, 3.63) is 29.8 Å². The average Bonchev–Trinajstić information content (AvgIpc) is 2.44. The van der Waals surface area contributed by atoms with Gasteiger partial charge in [0.05, 0.1) is 4.90 Å². The summed E-state index contributed by atoms with van der Waals surface area (Å²) in [5.74, 6) is 0. The van der Waals surface area contributed by atoms with Gasteiger partial charge in [0.2, 0.25) is 10.0 Å². The summed E-state index contributed by atoms with van der Waals surface area (Å²) in [5.41, 5.74) is 0.980. The number of hydrogen-bond donors (Lipinski definition) is 2. The van der Waals surface area contributed by atoms with E-state index in [4.69, 9.17) is 0 Å². The number of nitrogens with one attached hydrogen (secondary N) is 2. The van der Waals surface area contributed by atoms with Crippen LogP contribution >= 0.6 is 0 Å². The van der Waals surface area contributed by atoms with Crippen LogP contribution in [0.3, 0.4) is 0 Å². The molecular formula is C15H27N3O2S. The van der Waals surface area contributed by atoms with Crippen molar-refractivity contribution in [3.8, 4) is 0 Å². The maximum absolute atomic E-state index is 12.3. The topological polar surface area (TPSA) is 61.4 Å². The maximum atomic E-state index is 12.3. The van der Waals surface area contributed by atoms with E-state index in [2.05, 4.69) is 10.0 Å². The van der Waals surface area contributed by atoms with E-state index < -0.39 is 10.0 Å². The van der Waals surface area contributed by atoms with Crippen molar-refractivity contribution >= 4 is 10.0 Å². The van der Waals surface area contributed by atoms with Crippen molar-refractivity contribution in [1.29, 1.82) is 0 Å². The summed E-state index contributed by atoms with van der Waals surface area (Å²) in [4.78, 5) is 2.36. The first-order valence-corrected chi connectivity index (χ1v) is 8.83. The highest BCUT2D eigenvalue weighted by Gasteiger charge is 2.15. The molecule has 1 unspecified atom stereocenters. The fraction of sp³-hybridized carbons (Fsp3) is 0.600. The number of benzene rings is 1. The summed E-state index contributed by atoms with van der Waals surface area (Å²) in [7, 11) is 0.519. The zero-order chi connectivity index (χ0) is 15.9. The third kappa shape index (κ3) is 6.13. The molecule has 21 heavy (non-hydrogen) atoms. The Bertz CT molecular complexity index is 529.